The number of carbonyl (C=O) groups is 3. The van der Waals surface area contributed by atoms with Crippen LogP contribution in [0.4, 0.5) is 13.2 Å². The minimum Gasteiger partial charge on any atom is -0.481 e. The van der Waals surface area contributed by atoms with E-state index in [0.717, 1.165) is 10.9 Å². The summed E-state index contributed by atoms with van der Waals surface area (Å²) in [7, 11) is 0. The van der Waals surface area contributed by atoms with Crippen LogP contribution in [0, 0.1) is 10.8 Å². The first-order chi connectivity index (χ1) is 19.4. The van der Waals surface area contributed by atoms with Gasteiger partial charge in [-0.05, 0) is 75.8 Å². The van der Waals surface area contributed by atoms with E-state index in [1.54, 1.807) is 6.92 Å². The number of nitrogens with zero attached hydrogens (tertiary/aromatic N) is 3. The molecule has 0 atom stereocenters. The molecule has 2 aliphatic carbocycles. The van der Waals surface area contributed by atoms with E-state index in [-0.39, 0.29) is 51.7 Å². The molecule has 0 spiro atoms. The Bertz CT molecular complexity index is 1350. The maximum Gasteiger partial charge on any atom is 0.433 e. The molecule has 230 valence electrons. The number of hydrogen-bond acceptors (Lipinski definition) is 4. The topological polar surface area (TPSA) is 92.5 Å². The highest BCUT2D eigenvalue weighted by atomic mass is 35.5. The van der Waals surface area contributed by atoms with Gasteiger partial charge in [0.2, 0.25) is 0 Å². The van der Waals surface area contributed by atoms with Crippen molar-refractivity contribution >= 4 is 52.5 Å². The van der Waals surface area contributed by atoms with Gasteiger partial charge in [-0.15, -0.1) is 0 Å². The van der Waals surface area contributed by atoms with Crippen molar-refractivity contribution in [2.45, 2.75) is 90.4 Å². The number of alkyl halides is 3. The maximum absolute atomic E-state index is 14.6. The molecular formula is C29H33Cl3F3N3O4. The van der Waals surface area contributed by atoms with Crippen LogP contribution >= 0.6 is 34.8 Å². The molecule has 1 aromatic heterocycles. The summed E-state index contributed by atoms with van der Waals surface area (Å²) >= 11 is 18.5. The van der Waals surface area contributed by atoms with E-state index < -0.39 is 59.1 Å². The van der Waals surface area contributed by atoms with Crippen molar-refractivity contribution in [3.63, 3.8) is 0 Å². The highest BCUT2D eigenvalue weighted by Crippen LogP contribution is 2.44. The molecule has 2 saturated carbocycles. The number of carbonyl (C=O) groups excluding carboxylic acids is 2. The summed E-state index contributed by atoms with van der Waals surface area (Å²) in [6.45, 7) is 5.21. The molecule has 0 aliphatic heterocycles. The third-order valence-electron chi connectivity index (χ3n) is 8.83. The van der Waals surface area contributed by atoms with Gasteiger partial charge in [-0.25, -0.2) is 0 Å². The lowest BCUT2D eigenvalue weighted by molar-refractivity contribution is -0.152. The Morgan fingerprint density at radius 3 is 2.05 bits per heavy atom. The van der Waals surface area contributed by atoms with Crippen LogP contribution in [0.3, 0.4) is 0 Å². The minimum atomic E-state index is -4.93. The number of amides is 1. The van der Waals surface area contributed by atoms with Crippen molar-refractivity contribution in [1.82, 2.24) is 14.7 Å². The number of carboxylic acid groups (broad SMARTS) is 1. The monoisotopic (exact) mass is 649 g/mol. The fraction of sp³-hybridized carbons (Fsp3) is 0.586. The Morgan fingerprint density at radius 1 is 1.00 bits per heavy atom. The number of carboxylic acids is 1. The predicted molar refractivity (Wildman–Crippen MR) is 153 cm³/mol. The van der Waals surface area contributed by atoms with Crippen molar-refractivity contribution in [3.05, 3.63) is 50.2 Å². The molecule has 13 heteroatoms. The summed E-state index contributed by atoms with van der Waals surface area (Å²) in [5.74, 6) is -2.58. The van der Waals surface area contributed by atoms with Crippen molar-refractivity contribution < 1.29 is 32.7 Å². The Kier molecular flexibility index (Phi) is 9.32. The summed E-state index contributed by atoms with van der Waals surface area (Å²) in [6.07, 6.45) is -0.918. The fourth-order valence-corrected chi connectivity index (χ4v) is 7.06. The third-order valence-corrected chi connectivity index (χ3v) is 9.64. The molecule has 7 nitrogen and oxygen atoms in total. The van der Waals surface area contributed by atoms with Crippen molar-refractivity contribution in [2.24, 2.45) is 10.8 Å². The van der Waals surface area contributed by atoms with E-state index in [2.05, 4.69) is 18.9 Å². The van der Waals surface area contributed by atoms with Gasteiger partial charge in [-0.2, -0.15) is 18.3 Å². The van der Waals surface area contributed by atoms with E-state index in [0.29, 0.717) is 25.7 Å². The highest BCUT2D eigenvalue weighted by Gasteiger charge is 2.46. The number of Topliss-reactive ketones (excluding diaryl/α,β-unsaturated/α-hetero) is 1. The van der Waals surface area contributed by atoms with Gasteiger partial charge in [0.25, 0.3) is 5.91 Å². The summed E-state index contributed by atoms with van der Waals surface area (Å²) in [6, 6.07) is 1.45. The molecule has 1 aromatic carbocycles. The molecule has 2 fully saturated rings. The SMILES string of the molecule is CC1(C)CCC(N(CC(=O)c2c(Cl)cc(Cl)cc2Cl)C(=O)c2cnn(C3CCC(C)(C(=O)O)CC3)c2C(F)(F)F)CC1. The third kappa shape index (κ3) is 6.76. The van der Waals surface area contributed by atoms with Crippen LogP contribution in [0.25, 0.3) is 0 Å². The number of aromatic nitrogens is 2. The predicted octanol–water partition coefficient (Wildman–Crippen LogP) is 8.36. The Balaban J connectivity index is 1.70. The zero-order valence-electron chi connectivity index (χ0n) is 23.5. The van der Waals surface area contributed by atoms with E-state index in [4.69, 9.17) is 34.8 Å². The van der Waals surface area contributed by atoms with Gasteiger partial charge in [0.15, 0.2) is 11.5 Å². The molecule has 0 unspecified atom stereocenters. The zero-order valence-corrected chi connectivity index (χ0v) is 25.8. The molecule has 2 aromatic rings. The van der Waals surface area contributed by atoms with Crippen LogP contribution < -0.4 is 0 Å². The summed E-state index contributed by atoms with van der Waals surface area (Å²) in [4.78, 5) is 40.3. The van der Waals surface area contributed by atoms with Crippen molar-refractivity contribution in [2.75, 3.05) is 6.54 Å². The quantitative estimate of drug-likeness (QED) is 0.304. The number of aliphatic carboxylic acids is 1. The lowest BCUT2D eigenvalue weighted by Crippen LogP contribution is -2.46. The van der Waals surface area contributed by atoms with Gasteiger partial charge in [-0.3, -0.25) is 19.1 Å². The molecule has 0 bridgehead atoms. The second-order valence-electron chi connectivity index (χ2n) is 12.4. The summed E-state index contributed by atoms with van der Waals surface area (Å²) in [5.41, 5.74) is -2.96. The van der Waals surface area contributed by atoms with Crippen LogP contribution in [-0.2, 0) is 11.0 Å². The number of hydrogen-bond donors (Lipinski definition) is 1. The minimum absolute atomic E-state index is 0.00846. The van der Waals surface area contributed by atoms with Gasteiger partial charge in [0.1, 0.15) is 0 Å². The number of ketones is 1. The number of halogens is 6. The second-order valence-corrected chi connectivity index (χ2v) is 13.7. The molecule has 1 amide bonds. The molecule has 0 radical (unpaired) electrons. The number of rotatable bonds is 7. The average molecular weight is 651 g/mol. The maximum atomic E-state index is 14.6. The number of benzene rings is 1. The van der Waals surface area contributed by atoms with E-state index >= 15 is 0 Å². The molecule has 4 rings (SSSR count). The van der Waals surface area contributed by atoms with Crippen LogP contribution in [0.2, 0.25) is 15.1 Å². The Hall–Kier alpha value is -2.30. The molecule has 0 saturated heterocycles. The lowest BCUT2D eigenvalue weighted by atomic mass is 9.74. The zero-order chi connectivity index (χ0) is 31.2. The highest BCUT2D eigenvalue weighted by molar-refractivity contribution is 6.42. The summed E-state index contributed by atoms with van der Waals surface area (Å²) < 4.78 is 44.5. The van der Waals surface area contributed by atoms with Gasteiger partial charge in [0.05, 0.1) is 45.4 Å². The summed E-state index contributed by atoms with van der Waals surface area (Å²) in [5, 5.41) is 13.7. The normalized spacial score (nSPS) is 23.0. The first-order valence-electron chi connectivity index (χ1n) is 13.8. The molecule has 42 heavy (non-hydrogen) atoms. The van der Waals surface area contributed by atoms with E-state index in [1.807, 2.05) is 0 Å². The first kappa shape index (κ1) is 32.6. The molecule has 1 heterocycles. The molecular weight excluding hydrogens is 618 g/mol. The van der Waals surface area contributed by atoms with E-state index in [9.17, 15) is 32.7 Å². The molecule has 1 N–H and O–H groups in total. The van der Waals surface area contributed by atoms with Crippen LogP contribution in [-0.4, -0.2) is 50.0 Å². The molecule has 2 aliphatic rings. The van der Waals surface area contributed by atoms with E-state index in [1.165, 1.54) is 17.0 Å². The van der Waals surface area contributed by atoms with Gasteiger partial charge in [-0.1, -0.05) is 48.7 Å². The average Bonchev–Trinajstić information content (AvgIpc) is 3.33. The van der Waals surface area contributed by atoms with Crippen molar-refractivity contribution in [3.8, 4) is 0 Å². The largest absolute Gasteiger partial charge is 0.481 e. The lowest BCUT2D eigenvalue weighted by Gasteiger charge is -2.40. The van der Waals surface area contributed by atoms with Crippen molar-refractivity contribution in [1.29, 1.82) is 0 Å². The van der Waals surface area contributed by atoms with Crippen LogP contribution in [0.1, 0.15) is 105 Å². The van der Waals surface area contributed by atoms with Crippen LogP contribution in [0.5, 0.6) is 0 Å². The van der Waals surface area contributed by atoms with Crippen LogP contribution in [0.15, 0.2) is 18.3 Å². The standard InChI is InChI=1S/C29H33Cl3F3N3O4/c1-27(2)8-4-17(5-9-27)37(15-22(39)23-20(31)12-16(30)13-21(23)32)25(40)19-14-36-38(24(19)29(33,34)35)18-6-10-28(3,11-7-18)26(41)42/h12-14,17-18H,4-11,15H2,1-3H3,(H,41,42). The van der Waals surface area contributed by atoms with Gasteiger partial charge >= 0.3 is 12.1 Å². The first-order valence-corrected chi connectivity index (χ1v) is 14.9. The smallest absolute Gasteiger partial charge is 0.433 e. The second kappa shape index (κ2) is 12.0. The Morgan fingerprint density at radius 2 is 1.55 bits per heavy atom. The van der Waals surface area contributed by atoms with Gasteiger partial charge < -0.3 is 10.0 Å². The van der Waals surface area contributed by atoms with Gasteiger partial charge in [0, 0.05) is 11.1 Å². The fourth-order valence-electron chi connectivity index (χ4n) is 6.04. The Labute approximate surface area is 257 Å².